The van der Waals surface area contributed by atoms with Crippen LogP contribution in [0.4, 0.5) is 0 Å². The lowest BCUT2D eigenvalue weighted by molar-refractivity contribution is -0.142. The van der Waals surface area contributed by atoms with E-state index in [0.29, 0.717) is 23.7 Å². The van der Waals surface area contributed by atoms with Crippen LogP contribution in [0.1, 0.15) is 49.7 Å². The summed E-state index contributed by atoms with van der Waals surface area (Å²) in [5, 5.41) is 11.2. The van der Waals surface area contributed by atoms with Gasteiger partial charge in [-0.2, -0.15) is 0 Å². The van der Waals surface area contributed by atoms with Crippen molar-refractivity contribution in [2.24, 2.45) is 23.7 Å². The molecule has 0 radical (unpaired) electrons. The monoisotopic (exact) mass is 342 g/mol. The van der Waals surface area contributed by atoms with Gasteiger partial charge >= 0.3 is 5.97 Å². The lowest BCUT2D eigenvalue weighted by Gasteiger charge is -2.49. The smallest absolute Gasteiger partial charge is 0.309 e. The first-order valence-electron chi connectivity index (χ1n) is 9.60. The first kappa shape index (κ1) is 15.7. The molecule has 1 saturated heterocycles. The Morgan fingerprint density at radius 3 is 2.92 bits per heavy atom. The average Bonchev–Trinajstić information content (AvgIpc) is 3.03. The summed E-state index contributed by atoms with van der Waals surface area (Å²) >= 11 is 0. The van der Waals surface area contributed by atoms with Crippen molar-refractivity contribution in [1.29, 1.82) is 0 Å². The zero-order valence-electron chi connectivity index (χ0n) is 14.9. The van der Waals surface area contributed by atoms with Gasteiger partial charge in [-0.1, -0.05) is 13.0 Å². The summed E-state index contributed by atoms with van der Waals surface area (Å²) in [6.45, 7) is 2.32. The first-order valence-corrected chi connectivity index (χ1v) is 9.60. The Bertz CT molecular complexity index is 729. The zero-order valence-corrected chi connectivity index (χ0v) is 14.9. The summed E-state index contributed by atoms with van der Waals surface area (Å²) in [7, 11) is 1.72. The van der Waals surface area contributed by atoms with E-state index in [4.69, 9.17) is 9.47 Å². The number of hydrogen-bond donors (Lipinski definition) is 1. The third kappa shape index (κ3) is 2.06. The van der Waals surface area contributed by atoms with Crippen LogP contribution in [0.3, 0.4) is 0 Å². The van der Waals surface area contributed by atoms with Crippen molar-refractivity contribution < 1.29 is 19.4 Å². The Kier molecular flexibility index (Phi) is 3.28. The predicted octanol–water partition coefficient (Wildman–Crippen LogP) is 3.06. The minimum Gasteiger partial charge on any atom is -0.497 e. The van der Waals surface area contributed by atoms with Crippen LogP contribution in [0.2, 0.25) is 0 Å². The zero-order chi connectivity index (χ0) is 17.3. The Balaban J connectivity index is 1.51. The fourth-order valence-corrected chi connectivity index (χ4v) is 6.64. The van der Waals surface area contributed by atoms with Gasteiger partial charge in [-0.15, -0.1) is 0 Å². The molecule has 2 saturated carbocycles. The summed E-state index contributed by atoms with van der Waals surface area (Å²) in [4.78, 5) is 11.7. The molecule has 3 fully saturated rings. The van der Waals surface area contributed by atoms with Crippen molar-refractivity contribution in [3.8, 4) is 5.75 Å². The third-order valence-corrected chi connectivity index (χ3v) is 7.61. The number of hydrogen-bond acceptors (Lipinski definition) is 4. The van der Waals surface area contributed by atoms with Gasteiger partial charge in [0.05, 0.1) is 13.5 Å². The Morgan fingerprint density at radius 2 is 2.12 bits per heavy atom. The minimum absolute atomic E-state index is 0.191. The van der Waals surface area contributed by atoms with E-state index in [-0.39, 0.29) is 24.4 Å². The molecule has 134 valence electrons. The predicted molar refractivity (Wildman–Crippen MR) is 92.4 cm³/mol. The van der Waals surface area contributed by atoms with Crippen molar-refractivity contribution in [2.75, 3.05) is 7.11 Å². The van der Waals surface area contributed by atoms with E-state index < -0.39 is 5.60 Å². The molecule has 1 aromatic carbocycles. The van der Waals surface area contributed by atoms with Crippen LogP contribution < -0.4 is 4.74 Å². The lowest BCUT2D eigenvalue weighted by Crippen LogP contribution is -2.46. The highest BCUT2D eigenvalue weighted by Gasteiger charge is 2.64. The molecule has 4 nitrogen and oxygen atoms in total. The maximum absolute atomic E-state index is 11.7. The molecule has 5 rings (SSSR count). The summed E-state index contributed by atoms with van der Waals surface area (Å²) in [6, 6.07) is 6.54. The van der Waals surface area contributed by atoms with Gasteiger partial charge in [0.1, 0.15) is 17.5 Å². The van der Waals surface area contributed by atoms with Crippen molar-refractivity contribution in [3.63, 3.8) is 0 Å². The van der Waals surface area contributed by atoms with Crippen LogP contribution in [0.25, 0.3) is 0 Å². The molecule has 0 spiro atoms. The van der Waals surface area contributed by atoms with Crippen LogP contribution >= 0.6 is 0 Å². The molecule has 1 aliphatic heterocycles. The Labute approximate surface area is 148 Å². The van der Waals surface area contributed by atoms with Gasteiger partial charge in [0, 0.05) is 0 Å². The maximum Gasteiger partial charge on any atom is 0.309 e. The largest absolute Gasteiger partial charge is 0.497 e. The molecule has 0 amide bonds. The number of aliphatic hydroxyl groups is 1. The van der Waals surface area contributed by atoms with E-state index in [0.717, 1.165) is 31.4 Å². The number of ether oxygens (including phenoxy) is 2. The van der Waals surface area contributed by atoms with E-state index in [1.54, 1.807) is 7.11 Å². The molecule has 1 heterocycles. The number of benzene rings is 1. The molecule has 25 heavy (non-hydrogen) atoms. The van der Waals surface area contributed by atoms with Crippen LogP contribution in [-0.2, 0) is 16.0 Å². The minimum atomic E-state index is -0.916. The van der Waals surface area contributed by atoms with Crippen LogP contribution in [0.5, 0.6) is 5.75 Å². The van der Waals surface area contributed by atoms with E-state index in [2.05, 4.69) is 25.1 Å². The van der Waals surface area contributed by atoms with E-state index in [9.17, 15) is 9.90 Å². The number of esters is 1. The van der Waals surface area contributed by atoms with Gasteiger partial charge in [-0.05, 0) is 78.5 Å². The number of rotatable bonds is 1. The van der Waals surface area contributed by atoms with Crippen molar-refractivity contribution in [1.82, 2.24) is 0 Å². The quantitative estimate of drug-likeness (QED) is 0.797. The number of aryl methyl sites for hydroxylation is 1. The average molecular weight is 342 g/mol. The summed E-state index contributed by atoms with van der Waals surface area (Å²) < 4.78 is 10.9. The Hall–Kier alpha value is -1.55. The van der Waals surface area contributed by atoms with Gasteiger partial charge in [0.2, 0.25) is 0 Å². The molecule has 4 aliphatic rings. The highest BCUT2D eigenvalue weighted by Crippen LogP contribution is 2.62. The molecule has 0 aromatic heterocycles. The lowest BCUT2D eigenvalue weighted by atomic mass is 9.56. The van der Waals surface area contributed by atoms with E-state index >= 15 is 0 Å². The second-order valence-electron chi connectivity index (χ2n) is 8.66. The fourth-order valence-electron chi connectivity index (χ4n) is 6.64. The number of methoxy groups -OCH3 is 1. The normalized spacial score (nSPS) is 44.4. The SMILES string of the molecule is COc1ccc2c(c1)CCC1C3CC4OC(=O)CC4(O)C3CC(C)C21. The molecule has 3 aliphatic carbocycles. The molecule has 1 N–H and O–H groups in total. The van der Waals surface area contributed by atoms with Gasteiger partial charge in [0.25, 0.3) is 0 Å². The third-order valence-electron chi connectivity index (χ3n) is 7.61. The molecule has 7 unspecified atom stereocenters. The molecular formula is C21H26O4. The van der Waals surface area contributed by atoms with Crippen LogP contribution in [0.15, 0.2) is 18.2 Å². The highest BCUT2D eigenvalue weighted by atomic mass is 16.6. The second-order valence-corrected chi connectivity index (χ2v) is 8.66. The molecular weight excluding hydrogens is 316 g/mol. The standard InChI is InChI=1S/C21H26O4/c1-11-7-17-16(9-18-21(17,23)10-19(22)25-18)15-5-3-12-8-13(24-2)4-6-14(12)20(11)15/h4,6,8,11,15-18,20,23H,3,5,7,9-10H2,1-2H3. The van der Waals surface area contributed by atoms with Crippen molar-refractivity contribution in [2.45, 2.75) is 56.7 Å². The number of carbonyl (C=O) groups is 1. The fraction of sp³-hybridized carbons (Fsp3) is 0.667. The van der Waals surface area contributed by atoms with Gasteiger partial charge in [-0.25, -0.2) is 0 Å². The summed E-state index contributed by atoms with van der Waals surface area (Å²) in [5.41, 5.74) is 1.99. The summed E-state index contributed by atoms with van der Waals surface area (Å²) in [5.74, 6) is 3.05. The van der Waals surface area contributed by atoms with Gasteiger partial charge < -0.3 is 14.6 Å². The topological polar surface area (TPSA) is 55.8 Å². The first-order chi connectivity index (χ1) is 12.0. The van der Waals surface area contributed by atoms with Crippen molar-refractivity contribution in [3.05, 3.63) is 29.3 Å². The molecule has 0 bridgehead atoms. The molecule has 4 heteroatoms. The number of carbonyl (C=O) groups excluding carboxylic acids is 1. The van der Waals surface area contributed by atoms with Crippen molar-refractivity contribution >= 4 is 5.97 Å². The molecule has 1 aromatic rings. The van der Waals surface area contributed by atoms with Crippen LogP contribution in [0, 0.1) is 23.7 Å². The second kappa shape index (κ2) is 5.23. The van der Waals surface area contributed by atoms with E-state index in [1.165, 1.54) is 11.1 Å². The Morgan fingerprint density at radius 1 is 1.28 bits per heavy atom. The van der Waals surface area contributed by atoms with Crippen LogP contribution in [-0.4, -0.2) is 29.9 Å². The summed E-state index contributed by atoms with van der Waals surface area (Å²) in [6.07, 6.45) is 3.97. The molecule has 7 atom stereocenters. The highest BCUT2D eigenvalue weighted by molar-refractivity contribution is 5.74. The van der Waals surface area contributed by atoms with Gasteiger partial charge in [-0.3, -0.25) is 4.79 Å². The van der Waals surface area contributed by atoms with E-state index in [1.807, 2.05) is 0 Å². The maximum atomic E-state index is 11.7. The number of fused-ring (bicyclic) bond motifs is 7. The van der Waals surface area contributed by atoms with Gasteiger partial charge in [0.15, 0.2) is 0 Å².